The van der Waals surface area contributed by atoms with Gasteiger partial charge in [0.1, 0.15) is 25.2 Å². The predicted octanol–water partition coefficient (Wildman–Crippen LogP) is -0.697. The number of aromatic amines is 2. The maximum absolute atomic E-state index is 14.2. The normalized spacial score (nSPS) is 11.1. The number of hydrogen-bond acceptors (Lipinski definition) is 11. The molecule has 2 heterocycles. The molecule has 3 aromatic rings. The lowest BCUT2D eigenvalue weighted by Gasteiger charge is -2.25. The lowest BCUT2D eigenvalue weighted by atomic mass is 10.2. The minimum atomic E-state index is -2.53. The molecule has 4 amide bonds. The number of benzene rings is 1. The number of alkyl carbamates (subject to hydrolysis) is 1. The Morgan fingerprint density at radius 1 is 0.684 bits per heavy atom. The van der Waals surface area contributed by atoms with Crippen LogP contribution in [0.15, 0.2) is 31.6 Å². The predicted molar refractivity (Wildman–Crippen MR) is 184 cm³/mol. The van der Waals surface area contributed by atoms with E-state index in [-0.39, 0.29) is 24.2 Å². The molecule has 0 aliphatic rings. The van der Waals surface area contributed by atoms with Gasteiger partial charge in [0, 0.05) is 49.7 Å². The Labute approximate surface area is 317 Å². The standard InChI is InChI=1S/C33H37F5N8O11/c1-16-10-45(30(53)41-28(16)51)13-19(48)43(9-7-40-32(55)57-33(3,4)5)12-18(47)39-6-8-44(20(49)14-46-11-17(2)29(52)42-31(46)54)15-21(50)56-27-25(37)23(35)22(34)24(36)26(27)38/h10-11H,6-9,12-15H2,1-5H3,(H,39,47)(H,40,55)(H,41,51,53)(H,42,52,54). The summed E-state index contributed by atoms with van der Waals surface area (Å²) in [5.74, 6) is -18.9. The number of amides is 4. The molecule has 2 aromatic heterocycles. The van der Waals surface area contributed by atoms with Gasteiger partial charge >= 0.3 is 23.4 Å². The summed E-state index contributed by atoms with van der Waals surface area (Å²) in [6.07, 6.45) is 1.26. The number of esters is 1. The number of nitrogens with one attached hydrogen (secondary N) is 4. The van der Waals surface area contributed by atoms with E-state index < -0.39 is 132 Å². The van der Waals surface area contributed by atoms with Gasteiger partial charge in [-0.3, -0.25) is 43.1 Å². The van der Waals surface area contributed by atoms with Gasteiger partial charge in [0.15, 0.2) is 0 Å². The Morgan fingerprint density at radius 3 is 1.56 bits per heavy atom. The minimum Gasteiger partial charge on any atom is -0.444 e. The molecule has 0 bridgehead atoms. The van der Waals surface area contributed by atoms with Crippen LogP contribution in [0.1, 0.15) is 31.9 Å². The van der Waals surface area contributed by atoms with Gasteiger partial charge in [-0.25, -0.2) is 32.3 Å². The smallest absolute Gasteiger partial charge is 0.407 e. The van der Waals surface area contributed by atoms with Crippen molar-refractivity contribution in [1.82, 2.24) is 39.5 Å². The topological polar surface area (TPSA) is 244 Å². The maximum atomic E-state index is 14.2. The van der Waals surface area contributed by atoms with Gasteiger partial charge in [0.2, 0.25) is 52.6 Å². The van der Waals surface area contributed by atoms with E-state index in [2.05, 4.69) is 15.4 Å². The highest BCUT2D eigenvalue weighted by Crippen LogP contribution is 2.29. The molecule has 0 aliphatic carbocycles. The van der Waals surface area contributed by atoms with Crippen LogP contribution in [0.4, 0.5) is 26.7 Å². The van der Waals surface area contributed by atoms with Crippen molar-refractivity contribution in [3.8, 4) is 5.75 Å². The summed E-state index contributed by atoms with van der Waals surface area (Å²) in [5, 5.41) is 4.75. The van der Waals surface area contributed by atoms with Crippen LogP contribution < -0.4 is 37.9 Å². The molecule has 19 nitrogen and oxygen atoms in total. The Kier molecular flexibility index (Phi) is 14.8. The number of aryl methyl sites for hydroxylation is 2. The molecule has 0 radical (unpaired) electrons. The third-order valence-electron chi connectivity index (χ3n) is 7.49. The highest BCUT2D eigenvalue weighted by atomic mass is 19.2. The number of halogens is 5. The Bertz CT molecular complexity index is 2270. The first-order chi connectivity index (χ1) is 26.5. The fourth-order valence-electron chi connectivity index (χ4n) is 4.69. The molecular weight excluding hydrogens is 779 g/mol. The van der Waals surface area contributed by atoms with Crippen LogP contribution in [0.5, 0.6) is 5.75 Å². The van der Waals surface area contributed by atoms with Crippen LogP contribution in [0.3, 0.4) is 0 Å². The van der Waals surface area contributed by atoms with Crippen molar-refractivity contribution in [3.05, 3.63) is 94.3 Å². The monoisotopic (exact) mass is 816 g/mol. The summed E-state index contributed by atoms with van der Waals surface area (Å²) < 4.78 is 80.4. The first-order valence-corrected chi connectivity index (χ1v) is 16.6. The molecule has 0 fully saturated rings. The maximum Gasteiger partial charge on any atom is 0.407 e. The van der Waals surface area contributed by atoms with Crippen LogP contribution in [0.2, 0.25) is 0 Å². The van der Waals surface area contributed by atoms with Gasteiger partial charge in [-0.2, -0.15) is 8.78 Å². The van der Waals surface area contributed by atoms with Crippen LogP contribution in [0, 0.1) is 42.9 Å². The van der Waals surface area contributed by atoms with Crippen molar-refractivity contribution >= 4 is 29.8 Å². The molecule has 57 heavy (non-hydrogen) atoms. The molecule has 3 rings (SSSR count). The van der Waals surface area contributed by atoms with Crippen molar-refractivity contribution in [2.24, 2.45) is 0 Å². The fourth-order valence-corrected chi connectivity index (χ4v) is 4.69. The van der Waals surface area contributed by atoms with E-state index >= 15 is 0 Å². The van der Waals surface area contributed by atoms with E-state index in [1.165, 1.54) is 13.8 Å². The largest absolute Gasteiger partial charge is 0.444 e. The summed E-state index contributed by atoms with van der Waals surface area (Å²) in [7, 11) is 0. The van der Waals surface area contributed by atoms with Crippen LogP contribution >= 0.6 is 0 Å². The molecule has 0 saturated carbocycles. The average Bonchev–Trinajstić information content (AvgIpc) is 3.11. The first kappa shape index (κ1) is 44.8. The number of carbonyl (C=O) groups excluding carboxylic acids is 5. The molecule has 0 unspecified atom stereocenters. The van der Waals surface area contributed by atoms with Crippen LogP contribution in [-0.2, 0) is 37.0 Å². The van der Waals surface area contributed by atoms with E-state index in [1.54, 1.807) is 20.8 Å². The highest BCUT2D eigenvalue weighted by molar-refractivity contribution is 5.85. The molecule has 0 saturated heterocycles. The molecule has 0 spiro atoms. The fraction of sp³-hybridized carbons (Fsp3) is 0.424. The second-order valence-electron chi connectivity index (χ2n) is 13.2. The van der Waals surface area contributed by atoms with Gasteiger partial charge in [0.05, 0.1) is 6.54 Å². The molecular formula is C33H37F5N8O11. The molecule has 4 N–H and O–H groups in total. The summed E-state index contributed by atoms with van der Waals surface area (Å²) in [5.41, 5.74) is -4.24. The number of carbonyl (C=O) groups is 5. The number of rotatable bonds is 15. The van der Waals surface area contributed by atoms with Crippen molar-refractivity contribution < 1.29 is 55.4 Å². The number of aromatic nitrogens is 4. The molecule has 0 aliphatic heterocycles. The number of hydrogen-bond donors (Lipinski definition) is 4. The second-order valence-corrected chi connectivity index (χ2v) is 13.2. The third-order valence-corrected chi connectivity index (χ3v) is 7.49. The van der Waals surface area contributed by atoms with Gasteiger partial charge in [-0.05, 0) is 34.6 Å². The summed E-state index contributed by atoms with van der Waals surface area (Å²) in [6, 6.07) is 0. The lowest BCUT2D eigenvalue weighted by Crippen LogP contribution is -2.48. The van der Waals surface area contributed by atoms with E-state index in [9.17, 15) is 65.1 Å². The van der Waals surface area contributed by atoms with E-state index in [0.717, 1.165) is 26.4 Å². The van der Waals surface area contributed by atoms with Gasteiger partial charge in [-0.1, -0.05) is 0 Å². The minimum absolute atomic E-state index is 0.00658. The van der Waals surface area contributed by atoms with Gasteiger partial charge < -0.3 is 29.9 Å². The SMILES string of the molecule is Cc1cn(CC(=O)N(CCNC(=O)OC(C)(C)C)CC(=O)NCCN(CC(=O)Oc2c(F)c(F)c(F)c(F)c2F)C(=O)Cn2cc(C)c(=O)[nH]c2=O)c(=O)[nH]c1=O. The zero-order valence-electron chi connectivity index (χ0n) is 31.0. The molecule has 0 atom stereocenters. The second kappa shape index (κ2) is 18.8. The molecule has 310 valence electrons. The highest BCUT2D eigenvalue weighted by Gasteiger charge is 2.30. The van der Waals surface area contributed by atoms with Gasteiger partial charge in [-0.15, -0.1) is 0 Å². The van der Waals surface area contributed by atoms with Crippen molar-refractivity contribution in [3.63, 3.8) is 0 Å². The Hall–Kier alpha value is -6.62. The number of H-pyrrole nitrogens is 2. The van der Waals surface area contributed by atoms with E-state index in [0.29, 0.717) is 4.90 Å². The summed E-state index contributed by atoms with van der Waals surface area (Å²) in [6.45, 7) is 2.28. The van der Waals surface area contributed by atoms with Crippen LogP contribution in [-0.4, -0.2) is 104 Å². The number of ether oxygens (including phenoxy) is 2. The average molecular weight is 817 g/mol. The van der Waals surface area contributed by atoms with Crippen molar-refractivity contribution in [2.75, 3.05) is 39.3 Å². The Balaban J connectivity index is 1.79. The van der Waals surface area contributed by atoms with Crippen molar-refractivity contribution in [2.45, 2.75) is 53.3 Å². The molecule has 24 heteroatoms. The zero-order chi connectivity index (χ0) is 42.9. The lowest BCUT2D eigenvalue weighted by molar-refractivity contribution is -0.143. The molecule has 1 aromatic carbocycles. The number of nitrogens with zero attached hydrogens (tertiary/aromatic N) is 4. The first-order valence-electron chi connectivity index (χ1n) is 16.6. The summed E-state index contributed by atoms with van der Waals surface area (Å²) in [4.78, 5) is 118. The van der Waals surface area contributed by atoms with Crippen LogP contribution in [0.25, 0.3) is 0 Å². The Morgan fingerprint density at radius 2 is 1.11 bits per heavy atom. The third kappa shape index (κ3) is 12.4. The van der Waals surface area contributed by atoms with Crippen molar-refractivity contribution in [1.29, 1.82) is 0 Å². The van der Waals surface area contributed by atoms with E-state index in [4.69, 9.17) is 4.74 Å². The zero-order valence-corrected chi connectivity index (χ0v) is 31.0. The quantitative estimate of drug-likeness (QED) is 0.0492. The van der Waals surface area contributed by atoms with E-state index in [1.807, 2.05) is 9.97 Å². The van der Waals surface area contributed by atoms with Gasteiger partial charge in [0.25, 0.3) is 11.1 Å². The summed E-state index contributed by atoms with van der Waals surface area (Å²) >= 11 is 0.